The van der Waals surface area contributed by atoms with Gasteiger partial charge in [0.15, 0.2) is 0 Å². The number of fused-ring (bicyclic) bond motifs is 1. The van der Waals surface area contributed by atoms with Gasteiger partial charge in [0.25, 0.3) is 0 Å². The summed E-state index contributed by atoms with van der Waals surface area (Å²) < 4.78 is 7.37. The third kappa shape index (κ3) is 3.51. The van der Waals surface area contributed by atoms with Crippen molar-refractivity contribution in [3.8, 4) is 0 Å². The summed E-state index contributed by atoms with van der Waals surface area (Å²) in [5.74, 6) is -0.0406. The van der Waals surface area contributed by atoms with Gasteiger partial charge in [-0.05, 0) is 37.5 Å². The lowest BCUT2D eigenvalue weighted by atomic mass is 9.93. The third-order valence-corrected chi connectivity index (χ3v) is 5.73. The molecule has 148 valence electrons. The van der Waals surface area contributed by atoms with E-state index in [1.807, 2.05) is 29.2 Å². The molecule has 0 spiro atoms. The van der Waals surface area contributed by atoms with Gasteiger partial charge in [-0.2, -0.15) is 0 Å². The van der Waals surface area contributed by atoms with Crippen LogP contribution in [-0.2, 0) is 16.1 Å². The van der Waals surface area contributed by atoms with Crippen molar-refractivity contribution in [1.29, 1.82) is 0 Å². The molecule has 0 aliphatic carbocycles. The lowest BCUT2D eigenvalue weighted by molar-refractivity contribution is -0.139. The highest BCUT2D eigenvalue weighted by atomic mass is 16.6. The summed E-state index contributed by atoms with van der Waals surface area (Å²) in [5.41, 5.74) is 2.26. The number of carbonyl (C=O) groups is 2. The number of hydrogen-bond donors (Lipinski definition) is 0. The van der Waals surface area contributed by atoms with Crippen LogP contribution < -0.4 is 0 Å². The van der Waals surface area contributed by atoms with Gasteiger partial charge in [-0.25, -0.2) is 4.79 Å². The standard InChI is InChI=1S/C22H27N3O3/c1-2-28-22(27)24-13-6-10-18(16-24)21(26)25-15-14-23-12-7-11-19(23)20(25)17-8-4-3-5-9-17/h3-5,7-9,11-12,18,20H,2,6,10,13-16H2,1H3. The third-order valence-electron chi connectivity index (χ3n) is 5.73. The lowest BCUT2D eigenvalue weighted by Gasteiger charge is -2.41. The first-order valence-electron chi connectivity index (χ1n) is 10.1. The second-order valence-corrected chi connectivity index (χ2v) is 7.46. The minimum absolute atomic E-state index is 0.0876. The Labute approximate surface area is 165 Å². The van der Waals surface area contributed by atoms with E-state index in [-0.39, 0.29) is 24.0 Å². The number of carbonyl (C=O) groups excluding carboxylic acids is 2. The molecule has 1 saturated heterocycles. The van der Waals surface area contributed by atoms with Gasteiger partial charge < -0.3 is 19.1 Å². The SMILES string of the molecule is CCOC(=O)N1CCCC(C(=O)N2CCn3cccc3C2c2ccccc2)C1. The van der Waals surface area contributed by atoms with Crippen LogP contribution in [0.25, 0.3) is 0 Å². The number of nitrogens with zero attached hydrogens (tertiary/aromatic N) is 3. The predicted octanol–water partition coefficient (Wildman–Crippen LogP) is 3.29. The van der Waals surface area contributed by atoms with Crippen LogP contribution in [0, 0.1) is 5.92 Å². The van der Waals surface area contributed by atoms with Gasteiger partial charge in [0.1, 0.15) is 0 Å². The molecule has 2 aliphatic heterocycles. The molecule has 2 atom stereocenters. The number of ether oxygens (including phenoxy) is 1. The minimum Gasteiger partial charge on any atom is -0.450 e. The molecule has 1 fully saturated rings. The molecule has 4 rings (SSSR count). The van der Waals surface area contributed by atoms with E-state index in [0.29, 0.717) is 26.2 Å². The molecule has 6 heteroatoms. The maximum atomic E-state index is 13.5. The Morgan fingerprint density at radius 3 is 2.68 bits per heavy atom. The van der Waals surface area contributed by atoms with Crippen molar-refractivity contribution >= 4 is 12.0 Å². The summed E-state index contributed by atoms with van der Waals surface area (Å²) in [6.45, 7) is 4.73. The molecule has 28 heavy (non-hydrogen) atoms. The summed E-state index contributed by atoms with van der Waals surface area (Å²) in [5, 5.41) is 0. The molecule has 2 aromatic rings. The average molecular weight is 381 g/mol. The first kappa shape index (κ1) is 18.6. The Hall–Kier alpha value is -2.76. The average Bonchev–Trinajstić information content (AvgIpc) is 3.22. The Balaban J connectivity index is 1.58. The lowest BCUT2D eigenvalue weighted by Crippen LogP contribution is -2.50. The second kappa shape index (κ2) is 8.09. The zero-order chi connectivity index (χ0) is 19.5. The Morgan fingerprint density at radius 1 is 1.07 bits per heavy atom. The topological polar surface area (TPSA) is 54.8 Å². The first-order chi connectivity index (χ1) is 13.7. The highest BCUT2D eigenvalue weighted by Gasteiger charge is 2.37. The fraction of sp³-hybridized carbons (Fsp3) is 0.455. The van der Waals surface area contributed by atoms with Crippen LogP contribution in [0.2, 0.25) is 0 Å². The quantitative estimate of drug-likeness (QED) is 0.820. The van der Waals surface area contributed by atoms with E-state index < -0.39 is 0 Å². The van der Waals surface area contributed by atoms with Crippen molar-refractivity contribution in [3.63, 3.8) is 0 Å². The molecule has 2 aliphatic rings. The maximum Gasteiger partial charge on any atom is 0.409 e. The highest BCUT2D eigenvalue weighted by molar-refractivity contribution is 5.81. The van der Waals surface area contributed by atoms with Crippen molar-refractivity contribution in [2.24, 2.45) is 5.92 Å². The molecule has 0 radical (unpaired) electrons. The van der Waals surface area contributed by atoms with Crippen molar-refractivity contribution in [1.82, 2.24) is 14.4 Å². The second-order valence-electron chi connectivity index (χ2n) is 7.46. The van der Waals surface area contributed by atoms with E-state index in [9.17, 15) is 9.59 Å². The highest BCUT2D eigenvalue weighted by Crippen LogP contribution is 2.34. The molecule has 0 bridgehead atoms. The van der Waals surface area contributed by atoms with E-state index in [0.717, 1.165) is 30.6 Å². The van der Waals surface area contributed by atoms with Crippen LogP contribution in [0.3, 0.4) is 0 Å². The van der Waals surface area contributed by atoms with Crippen molar-refractivity contribution in [2.75, 3.05) is 26.2 Å². The fourth-order valence-electron chi connectivity index (χ4n) is 4.40. The number of likely N-dealkylation sites (tertiary alicyclic amines) is 1. The molecule has 2 amide bonds. The molecule has 3 heterocycles. The van der Waals surface area contributed by atoms with Gasteiger partial charge in [0.2, 0.25) is 5.91 Å². The van der Waals surface area contributed by atoms with Gasteiger partial charge in [-0.3, -0.25) is 4.79 Å². The van der Waals surface area contributed by atoms with Crippen LogP contribution in [0.4, 0.5) is 4.79 Å². The summed E-state index contributed by atoms with van der Waals surface area (Å²) in [4.78, 5) is 29.3. The molecular weight excluding hydrogens is 354 g/mol. The number of aromatic nitrogens is 1. The van der Waals surface area contributed by atoms with Crippen LogP contribution in [0.1, 0.15) is 37.1 Å². The molecule has 0 N–H and O–H groups in total. The molecule has 2 unspecified atom stereocenters. The van der Waals surface area contributed by atoms with Crippen molar-refractivity contribution < 1.29 is 14.3 Å². The van der Waals surface area contributed by atoms with Crippen LogP contribution in [0.5, 0.6) is 0 Å². The minimum atomic E-state index is -0.313. The number of benzene rings is 1. The van der Waals surface area contributed by atoms with E-state index in [2.05, 4.69) is 29.0 Å². The zero-order valence-corrected chi connectivity index (χ0v) is 16.3. The molecule has 1 aromatic carbocycles. The van der Waals surface area contributed by atoms with Gasteiger partial charge in [0.05, 0.1) is 18.6 Å². The number of amides is 2. The van der Waals surface area contributed by atoms with E-state index in [4.69, 9.17) is 4.74 Å². The Kier molecular flexibility index (Phi) is 5.37. The monoisotopic (exact) mass is 381 g/mol. The summed E-state index contributed by atoms with van der Waals surface area (Å²) in [6.07, 6.45) is 3.41. The molecule has 1 aromatic heterocycles. The number of rotatable bonds is 3. The van der Waals surface area contributed by atoms with Crippen LogP contribution in [0.15, 0.2) is 48.7 Å². The van der Waals surface area contributed by atoms with Crippen molar-refractivity contribution in [3.05, 3.63) is 59.9 Å². The summed E-state index contributed by atoms with van der Waals surface area (Å²) in [7, 11) is 0. The smallest absolute Gasteiger partial charge is 0.409 e. The molecule has 0 saturated carbocycles. The van der Waals surface area contributed by atoms with E-state index in [1.165, 1.54) is 0 Å². The fourth-order valence-corrected chi connectivity index (χ4v) is 4.40. The van der Waals surface area contributed by atoms with Crippen molar-refractivity contribution in [2.45, 2.75) is 32.4 Å². The van der Waals surface area contributed by atoms with Gasteiger partial charge >= 0.3 is 6.09 Å². The Bertz CT molecular complexity index is 833. The Morgan fingerprint density at radius 2 is 1.89 bits per heavy atom. The maximum absolute atomic E-state index is 13.5. The largest absolute Gasteiger partial charge is 0.450 e. The summed E-state index contributed by atoms with van der Waals surface area (Å²) in [6, 6.07) is 14.3. The van der Waals surface area contributed by atoms with E-state index in [1.54, 1.807) is 11.8 Å². The normalized spacial score (nSPS) is 21.9. The predicted molar refractivity (Wildman–Crippen MR) is 106 cm³/mol. The van der Waals surface area contributed by atoms with Gasteiger partial charge in [-0.1, -0.05) is 30.3 Å². The van der Waals surface area contributed by atoms with Gasteiger partial charge in [-0.15, -0.1) is 0 Å². The molecule has 6 nitrogen and oxygen atoms in total. The molecular formula is C22H27N3O3. The summed E-state index contributed by atoms with van der Waals surface area (Å²) >= 11 is 0. The number of hydrogen-bond acceptors (Lipinski definition) is 3. The van der Waals surface area contributed by atoms with E-state index >= 15 is 0 Å². The number of piperidine rings is 1. The zero-order valence-electron chi connectivity index (χ0n) is 16.3. The first-order valence-corrected chi connectivity index (χ1v) is 10.1. The van der Waals surface area contributed by atoms with Crippen LogP contribution in [-0.4, -0.2) is 52.6 Å². The van der Waals surface area contributed by atoms with Gasteiger partial charge in [0, 0.05) is 38.1 Å². The van der Waals surface area contributed by atoms with Crippen LogP contribution >= 0.6 is 0 Å².